The summed E-state index contributed by atoms with van der Waals surface area (Å²) in [4.78, 5) is 0. The zero-order valence-electron chi connectivity index (χ0n) is 28.2. The molecule has 0 bridgehead atoms. The van der Waals surface area contributed by atoms with Crippen molar-refractivity contribution in [2.24, 2.45) is 28.6 Å². The van der Waals surface area contributed by atoms with E-state index in [-0.39, 0.29) is 59.3 Å². The first kappa shape index (κ1) is 49.5. The molecule has 0 spiro atoms. The summed E-state index contributed by atoms with van der Waals surface area (Å²) in [7, 11) is 0. The summed E-state index contributed by atoms with van der Waals surface area (Å²) < 4.78 is 0. The zero-order chi connectivity index (χ0) is 26.1. The topological polar surface area (TPSA) is 0 Å². The molecule has 0 saturated heterocycles. The third kappa shape index (κ3) is 14.0. The molecule has 2 aliphatic rings. The smallest absolute Gasteiger partial charge is 0.358 e. The number of hydrogen-bond acceptors (Lipinski definition) is 0. The number of fused-ring (bicyclic) bond motifs is 1. The second kappa shape index (κ2) is 27.2. The van der Waals surface area contributed by atoms with Gasteiger partial charge in [0.2, 0.25) is 0 Å². The molecule has 1 radical (unpaired) electrons. The van der Waals surface area contributed by atoms with Crippen LogP contribution in [0.25, 0.3) is 6.08 Å². The van der Waals surface area contributed by atoms with Crippen molar-refractivity contribution in [1.29, 1.82) is 0 Å². The Balaban J connectivity index is -0.000000183. The monoisotopic (exact) mass is 591 g/mol. The number of allylic oxidation sites excluding steroid dienone is 2. The van der Waals surface area contributed by atoms with Crippen LogP contribution in [-0.2, 0) is 26.2 Å². The van der Waals surface area contributed by atoms with Crippen molar-refractivity contribution >= 4 is 6.08 Å². The Morgan fingerprint density at radius 1 is 0.730 bits per heavy atom. The Morgan fingerprint density at radius 2 is 1.11 bits per heavy atom. The molecule has 2 fully saturated rings. The number of benzene rings is 1. The molecule has 0 amide bonds. The maximum absolute atomic E-state index is 4.17. The van der Waals surface area contributed by atoms with Gasteiger partial charge in [0.25, 0.3) is 0 Å². The van der Waals surface area contributed by atoms with Crippen LogP contribution >= 0.6 is 0 Å². The van der Waals surface area contributed by atoms with Crippen molar-refractivity contribution in [2.45, 2.75) is 122 Å². The molecule has 2 unspecified atom stereocenters. The van der Waals surface area contributed by atoms with Crippen molar-refractivity contribution in [2.75, 3.05) is 0 Å². The van der Waals surface area contributed by atoms with Gasteiger partial charge in [-0.2, -0.15) is 0 Å². The van der Waals surface area contributed by atoms with Crippen molar-refractivity contribution in [3.63, 3.8) is 0 Å². The van der Waals surface area contributed by atoms with E-state index in [1.54, 1.807) is 0 Å². The van der Waals surface area contributed by atoms with Crippen molar-refractivity contribution in [1.82, 2.24) is 0 Å². The summed E-state index contributed by atoms with van der Waals surface area (Å²) >= 11 is 0. The molecule has 0 aromatic heterocycles. The first-order valence-corrected chi connectivity index (χ1v) is 14.3. The molecule has 37 heavy (non-hydrogen) atoms. The normalized spacial score (nSPS) is 19.5. The summed E-state index contributed by atoms with van der Waals surface area (Å²) in [5.74, 6) is 2.83. The Hall–Kier alpha value is -0.417. The molecule has 3 rings (SSSR count). The van der Waals surface area contributed by atoms with Gasteiger partial charge in [0.1, 0.15) is 0 Å². The number of hydrogen-bond donors (Lipinski definition) is 0. The molecule has 0 heterocycles. The maximum Gasteiger partial charge on any atom is 3.00 e. The van der Waals surface area contributed by atoms with Gasteiger partial charge in [0, 0.05) is 0 Å². The van der Waals surface area contributed by atoms with Crippen molar-refractivity contribution < 1.29 is 26.2 Å². The van der Waals surface area contributed by atoms with Crippen LogP contribution < -0.4 is 0 Å². The standard InChI is InChI=1S/C25H36.4C2H6.3CH3.Zr/c1-6-22(16-19-12-8-7-9-13-19)24(2,3)25(4,5)23-17-20-14-10-11-15-21(20)18-23;4*1-2;;;;/h6-9,12-13,16,20-21,23H,1,10-11,14-15,17-18H2,2-5H3;4*1-2H3;3*1H3;/q;;;;;3*-1;+3. The van der Waals surface area contributed by atoms with E-state index in [1.807, 2.05) is 55.4 Å². The van der Waals surface area contributed by atoms with Crippen LogP contribution in [0.4, 0.5) is 0 Å². The average Bonchev–Trinajstić information content (AvgIpc) is 3.33. The van der Waals surface area contributed by atoms with Crippen LogP contribution in [0.2, 0.25) is 0 Å². The van der Waals surface area contributed by atoms with Gasteiger partial charge in [-0.3, -0.25) is 0 Å². The molecule has 2 saturated carbocycles. The Kier molecular flexibility index (Phi) is 36.4. The first-order valence-electron chi connectivity index (χ1n) is 14.3. The predicted octanol–water partition coefficient (Wildman–Crippen LogP) is 13.0. The maximum atomic E-state index is 4.17. The molecule has 2 aliphatic carbocycles. The summed E-state index contributed by atoms with van der Waals surface area (Å²) in [6.45, 7) is 30.1. The second-order valence-electron chi connectivity index (χ2n) is 9.53. The largest absolute Gasteiger partial charge is 3.00 e. The molecular formula is C36H69Zr. The van der Waals surface area contributed by atoms with Gasteiger partial charge in [0.05, 0.1) is 0 Å². The molecular weight excluding hydrogens is 524 g/mol. The van der Waals surface area contributed by atoms with Gasteiger partial charge < -0.3 is 22.3 Å². The van der Waals surface area contributed by atoms with Crippen molar-refractivity contribution in [3.8, 4) is 0 Å². The van der Waals surface area contributed by atoms with Crippen LogP contribution in [0.15, 0.2) is 48.6 Å². The van der Waals surface area contributed by atoms with Crippen molar-refractivity contribution in [3.05, 3.63) is 76.4 Å². The first-order chi connectivity index (χ1) is 15.9. The summed E-state index contributed by atoms with van der Waals surface area (Å²) in [6, 6.07) is 10.7. The molecule has 0 nitrogen and oxygen atoms in total. The summed E-state index contributed by atoms with van der Waals surface area (Å²) in [6.07, 6.45) is 13.2. The quantitative estimate of drug-likeness (QED) is 0.236. The van der Waals surface area contributed by atoms with Gasteiger partial charge in [-0.15, -0.1) is 0 Å². The van der Waals surface area contributed by atoms with Crippen LogP contribution in [0.3, 0.4) is 0 Å². The minimum absolute atomic E-state index is 0. The Morgan fingerprint density at radius 3 is 1.46 bits per heavy atom. The third-order valence-corrected chi connectivity index (χ3v) is 7.94. The minimum atomic E-state index is 0. The Bertz CT molecular complexity index is 609. The SMILES string of the molecule is C=CC(=Cc1ccccc1)C(C)(C)C(C)(C)C1CC2CCCCC2C1.CC.CC.CC.CC.[CH3-].[CH3-].[CH3-].[Zr+3]. The van der Waals surface area contributed by atoms with E-state index in [0.29, 0.717) is 0 Å². The van der Waals surface area contributed by atoms with E-state index in [0.717, 1.165) is 17.8 Å². The fraction of sp³-hybridized carbons (Fsp3) is 0.639. The molecule has 217 valence electrons. The Labute approximate surface area is 257 Å². The zero-order valence-corrected chi connectivity index (χ0v) is 30.7. The summed E-state index contributed by atoms with van der Waals surface area (Å²) in [5, 5.41) is 0. The number of rotatable bonds is 5. The van der Waals surface area contributed by atoms with Gasteiger partial charge in [-0.1, -0.05) is 158 Å². The van der Waals surface area contributed by atoms with Gasteiger partial charge >= 0.3 is 26.2 Å². The molecule has 1 aromatic rings. The van der Waals surface area contributed by atoms with E-state index in [4.69, 9.17) is 0 Å². The molecule has 1 heteroatoms. The molecule has 2 atom stereocenters. The average molecular weight is 593 g/mol. The van der Waals surface area contributed by atoms with E-state index >= 15 is 0 Å². The predicted molar refractivity (Wildman–Crippen MR) is 175 cm³/mol. The fourth-order valence-corrected chi connectivity index (χ4v) is 5.43. The second-order valence-corrected chi connectivity index (χ2v) is 9.53. The van der Waals surface area contributed by atoms with Gasteiger partial charge in [-0.05, 0) is 52.6 Å². The van der Waals surface area contributed by atoms with Crippen LogP contribution in [-0.4, -0.2) is 0 Å². The van der Waals surface area contributed by atoms with Crippen LogP contribution in [0.5, 0.6) is 0 Å². The van der Waals surface area contributed by atoms with Crippen LogP contribution in [0.1, 0.15) is 127 Å². The molecule has 0 aliphatic heterocycles. The van der Waals surface area contributed by atoms with E-state index in [1.165, 1.54) is 49.7 Å². The van der Waals surface area contributed by atoms with E-state index in [9.17, 15) is 0 Å². The summed E-state index contributed by atoms with van der Waals surface area (Å²) in [5.41, 5.74) is 3.04. The van der Waals surface area contributed by atoms with E-state index in [2.05, 4.69) is 76.8 Å². The van der Waals surface area contributed by atoms with Crippen LogP contribution in [0, 0.1) is 50.9 Å². The minimum Gasteiger partial charge on any atom is -0.358 e. The third-order valence-electron chi connectivity index (χ3n) is 7.94. The molecule has 1 aromatic carbocycles. The van der Waals surface area contributed by atoms with E-state index < -0.39 is 0 Å². The van der Waals surface area contributed by atoms with Gasteiger partial charge in [-0.25, -0.2) is 0 Å². The fourth-order valence-electron chi connectivity index (χ4n) is 5.43. The van der Waals surface area contributed by atoms with Gasteiger partial charge in [0.15, 0.2) is 0 Å². The molecule has 0 N–H and O–H groups in total.